The molecular formula is C12H20N2O5. The molecule has 3 N–H and O–H groups in total. The normalized spacial score (nSPS) is 20.4. The SMILES string of the molecule is CCOC(=O)CC[C@@H](C(=O)O)N1CC(CN)CC1=O. The zero-order valence-electron chi connectivity index (χ0n) is 11.0. The van der Waals surface area contributed by atoms with Gasteiger partial charge in [-0.2, -0.15) is 0 Å². The number of ether oxygens (including phenoxy) is 1. The molecule has 0 spiro atoms. The molecule has 7 nitrogen and oxygen atoms in total. The molecule has 0 saturated carbocycles. The summed E-state index contributed by atoms with van der Waals surface area (Å²) >= 11 is 0. The number of carboxylic acid groups (broad SMARTS) is 1. The number of hydrogen-bond acceptors (Lipinski definition) is 5. The molecule has 19 heavy (non-hydrogen) atoms. The second-order valence-electron chi connectivity index (χ2n) is 4.55. The first kappa shape index (κ1) is 15.4. The fraction of sp³-hybridized carbons (Fsp3) is 0.750. The van der Waals surface area contributed by atoms with Crippen molar-refractivity contribution in [3.05, 3.63) is 0 Å². The van der Waals surface area contributed by atoms with Crippen LogP contribution in [-0.4, -0.2) is 53.6 Å². The smallest absolute Gasteiger partial charge is 0.326 e. The van der Waals surface area contributed by atoms with Crippen LogP contribution in [0, 0.1) is 5.92 Å². The maximum atomic E-state index is 11.8. The molecule has 1 rings (SSSR count). The van der Waals surface area contributed by atoms with Crippen LogP contribution in [0.15, 0.2) is 0 Å². The molecule has 108 valence electrons. The number of carboxylic acids is 1. The molecule has 0 aromatic rings. The summed E-state index contributed by atoms with van der Waals surface area (Å²) in [6.45, 7) is 2.64. The van der Waals surface area contributed by atoms with Gasteiger partial charge >= 0.3 is 11.9 Å². The second kappa shape index (κ2) is 7.08. The molecule has 1 heterocycles. The van der Waals surface area contributed by atoms with E-state index in [9.17, 15) is 19.5 Å². The first-order valence-corrected chi connectivity index (χ1v) is 6.37. The first-order valence-electron chi connectivity index (χ1n) is 6.37. The van der Waals surface area contributed by atoms with Gasteiger partial charge in [-0.1, -0.05) is 0 Å². The predicted octanol–water partition coefficient (Wildman–Crippen LogP) is -0.410. The highest BCUT2D eigenvalue weighted by molar-refractivity contribution is 5.85. The Labute approximate surface area is 111 Å². The molecule has 0 aromatic heterocycles. The van der Waals surface area contributed by atoms with Gasteiger partial charge < -0.3 is 20.5 Å². The van der Waals surface area contributed by atoms with Gasteiger partial charge in [0.25, 0.3) is 0 Å². The van der Waals surface area contributed by atoms with Crippen molar-refractivity contribution >= 4 is 17.8 Å². The van der Waals surface area contributed by atoms with E-state index in [1.54, 1.807) is 6.92 Å². The largest absolute Gasteiger partial charge is 0.480 e. The lowest BCUT2D eigenvalue weighted by Gasteiger charge is -2.24. The lowest BCUT2D eigenvalue weighted by atomic mass is 10.1. The minimum atomic E-state index is -1.10. The van der Waals surface area contributed by atoms with Crippen molar-refractivity contribution in [2.24, 2.45) is 11.7 Å². The fourth-order valence-corrected chi connectivity index (χ4v) is 2.17. The number of amides is 1. The summed E-state index contributed by atoms with van der Waals surface area (Å²) in [5.41, 5.74) is 5.50. The standard InChI is InChI=1S/C12H20N2O5/c1-2-19-11(16)4-3-9(12(17)18)14-7-8(6-13)5-10(14)15/h8-9H,2-7,13H2,1H3,(H,17,18)/t8?,9-/m0/s1. The number of nitrogens with zero attached hydrogens (tertiary/aromatic N) is 1. The molecule has 2 atom stereocenters. The molecule has 0 aromatic carbocycles. The molecule has 1 fully saturated rings. The minimum Gasteiger partial charge on any atom is -0.480 e. The number of hydrogen-bond donors (Lipinski definition) is 2. The van der Waals surface area contributed by atoms with E-state index in [2.05, 4.69) is 0 Å². The summed E-state index contributed by atoms with van der Waals surface area (Å²) in [5.74, 6) is -1.77. The Balaban J connectivity index is 2.60. The second-order valence-corrected chi connectivity index (χ2v) is 4.55. The van der Waals surface area contributed by atoms with Crippen LogP contribution >= 0.6 is 0 Å². The first-order chi connectivity index (χ1) is 8.99. The van der Waals surface area contributed by atoms with E-state index in [1.165, 1.54) is 4.90 Å². The summed E-state index contributed by atoms with van der Waals surface area (Å²) < 4.78 is 4.75. The van der Waals surface area contributed by atoms with E-state index < -0.39 is 18.0 Å². The van der Waals surface area contributed by atoms with E-state index in [-0.39, 0.29) is 37.7 Å². The van der Waals surface area contributed by atoms with Gasteiger partial charge in [-0.05, 0) is 25.8 Å². The van der Waals surface area contributed by atoms with Gasteiger partial charge in [0.1, 0.15) is 6.04 Å². The summed E-state index contributed by atoms with van der Waals surface area (Å²) in [7, 11) is 0. The Hall–Kier alpha value is -1.63. The van der Waals surface area contributed by atoms with Crippen molar-refractivity contribution in [2.45, 2.75) is 32.2 Å². The molecule has 0 radical (unpaired) electrons. The molecule has 1 unspecified atom stereocenters. The quantitative estimate of drug-likeness (QED) is 0.610. The maximum absolute atomic E-state index is 11.8. The van der Waals surface area contributed by atoms with Crippen molar-refractivity contribution in [3.8, 4) is 0 Å². The Kier molecular flexibility index (Phi) is 5.75. The average molecular weight is 272 g/mol. The number of carbonyl (C=O) groups is 3. The van der Waals surface area contributed by atoms with Crippen molar-refractivity contribution < 1.29 is 24.2 Å². The van der Waals surface area contributed by atoms with Gasteiger partial charge in [0.05, 0.1) is 6.61 Å². The molecule has 1 saturated heterocycles. The number of esters is 1. The summed E-state index contributed by atoms with van der Waals surface area (Å²) in [6.07, 6.45) is 0.332. The molecule has 1 aliphatic rings. The summed E-state index contributed by atoms with van der Waals surface area (Å²) in [5, 5.41) is 9.18. The Bertz CT molecular complexity index is 358. The number of aliphatic carboxylic acids is 1. The van der Waals surface area contributed by atoms with Crippen LogP contribution in [0.2, 0.25) is 0 Å². The van der Waals surface area contributed by atoms with E-state index in [0.717, 1.165) is 0 Å². The molecule has 0 bridgehead atoms. The average Bonchev–Trinajstić information content (AvgIpc) is 2.71. The molecule has 0 aliphatic carbocycles. The van der Waals surface area contributed by atoms with Crippen LogP contribution in [0.3, 0.4) is 0 Å². The van der Waals surface area contributed by atoms with Crippen LogP contribution in [-0.2, 0) is 19.1 Å². The zero-order chi connectivity index (χ0) is 14.4. The minimum absolute atomic E-state index is 0.00283. The van der Waals surface area contributed by atoms with Crippen LogP contribution in [0.5, 0.6) is 0 Å². The van der Waals surface area contributed by atoms with Gasteiger partial charge in [0.2, 0.25) is 5.91 Å². The summed E-state index contributed by atoms with van der Waals surface area (Å²) in [6, 6.07) is -0.978. The maximum Gasteiger partial charge on any atom is 0.326 e. The van der Waals surface area contributed by atoms with E-state index in [1.807, 2.05) is 0 Å². The fourth-order valence-electron chi connectivity index (χ4n) is 2.17. The Morgan fingerprint density at radius 3 is 2.74 bits per heavy atom. The third-order valence-corrected chi connectivity index (χ3v) is 3.16. The Morgan fingerprint density at radius 1 is 1.58 bits per heavy atom. The zero-order valence-corrected chi connectivity index (χ0v) is 11.0. The van der Waals surface area contributed by atoms with Gasteiger partial charge in [-0.25, -0.2) is 4.79 Å². The van der Waals surface area contributed by atoms with Crippen LogP contribution in [0.4, 0.5) is 0 Å². The summed E-state index contributed by atoms with van der Waals surface area (Å²) in [4.78, 5) is 35.5. The van der Waals surface area contributed by atoms with E-state index in [4.69, 9.17) is 10.5 Å². The highest BCUT2D eigenvalue weighted by Gasteiger charge is 2.37. The van der Waals surface area contributed by atoms with Crippen molar-refractivity contribution in [3.63, 3.8) is 0 Å². The van der Waals surface area contributed by atoms with Crippen molar-refractivity contribution in [1.29, 1.82) is 0 Å². The third kappa shape index (κ3) is 4.20. The van der Waals surface area contributed by atoms with Crippen LogP contribution < -0.4 is 5.73 Å². The topological polar surface area (TPSA) is 110 Å². The van der Waals surface area contributed by atoms with Gasteiger partial charge in [0.15, 0.2) is 0 Å². The number of carbonyl (C=O) groups excluding carboxylic acids is 2. The van der Waals surface area contributed by atoms with Crippen LogP contribution in [0.1, 0.15) is 26.2 Å². The Morgan fingerprint density at radius 2 is 2.26 bits per heavy atom. The third-order valence-electron chi connectivity index (χ3n) is 3.16. The van der Waals surface area contributed by atoms with Crippen LogP contribution in [0.25, 0.3) is 0 Å². The molecule has 1 amide bonds. The van der Waals surface area contributed by atoms with Crippen molar-refractivity contribution in [1.82, 2.24) is 4.90 Å². The number of likely N-dealkylation sites (tertiary alicyclic amines) is 1. The molecule has 7 heteroatoms. The van der Waals surface area contributed by atoms with Gasteiger partial charge in [0, 0.05) is 19.4 Å². The molecular weight excluding hydrogens is 252 g/mol. The predicted molar refractivity (Wildman–Crippen MR) is 66.2 cm³/mol. The highest BCUT2D eigenvalue weighted by atomic mass is 16.5. The number of nitrogens with two attached hydrogens (primary N) is 1. The molecule has 1 aliphatic heterocycles. The lowest BCUT2D eigenvalue weighted by molar-refractivity contribution is -0.150. The van der Waals surface area contributed by atoms with E-state index >= 15 is 0 Å². The van der Waals surface area contributed by atoms with Gasteiger partial charge in [-0.3, -0.25) is 9.59 Å². The van der Waals surface area contributed by atoms with E-state index in [0.29, 0.717) is 13.1 Å². The number of rotatable bonds is 7. The van der Waals surface area contributed by atoms with Gasteiger partial charge in [-0.15, -0.1) is 0 Å². The van der Waals surface area contributed by atoms with Crippen molar-refractivity contribution in [2.75, 3.05) is 19.7 Å². The highest BCUT2D eigenvalue weighted by Crippen LogP contribution is 2.21. The lowest BCUT2D eigenvalue weighted by Crippen LogP contribution is -2.42. The monoisotopic (exact) mass is 272 g/mol.